The maximum absolute atomic E-state index is 13.6. The molecule has 1 N–H and O–H groups in total. The number of hydrogen-bond acceptors (Lipinski definition) is 6. The molecule has 0 aliphatic rings. The highest BCUT2D eigenvalue weighted by Crippen LogP contribution is 2.34. The number of esters is 1. The third-order valence-electron chi connectivity index (χ3n) is 4.57. The third-order valence-corrected chi connectivity index (χ3v) is 4.57. The van der Waals surface area contributed by atoms with Crippen molar-refractivity contribution in [3.05, 3.63) is 81.2 Å². The molecule has 0 atom stereocenters. The van der Waals surface area contributed by atoms with Crippen molar-refractivity contribution < 1.29 is 32.4 Å². The molecule has 1 aromatic heterocycles. The van der Waals surface area contributed by atoms with Gasteiger partial charge in [-0.15, -0.1) is 0 Å². The number of amides is 1. The summed E-state index contributed by atoms with van der Waals surface area (Å²) >= 11 is 0. The van der Waals surface area contributed by atoms with Gasteiger partial charge in [-0.3, -0.25) is 14.9 Å². The molecule has 0 unspecified atom stereocenters. The summed E-state index contributed by atoms with van der Waals surface area (Å²) in [7, 11) is 0. The molecule has 9 nitrogen and oxygen atoms in total. The maximum Gasteiger partial charge on any atom is 0.434 e. The summed E-state index contributed by atoms with van der Waals surface area (Å²) in [4.78, 5) is 35.1. The topological polar surface area (TPSA) is 116 Å². The Kier molecular flexibility index (Phi) is 6.47. The number of halogens is 3. The van der Waals surface area contributed by atoms with Gasteiger partial charge in [-0.25, -0.2) is 9.48 Å². The normalized spacial score (nSPS) is 11.2. The zero-order valence-corrected chi connectivity index (χ0v) is 17.3. The lowest BCUT2D eigenvalue weighted by Crippen LogP contribution is -2.18. The Morgan fingerprint density at radius 1 is 1.15 bits per heavy atom. The molecule has 3 rings (SSSR count). The van der Waals surface area contributed by atoms with Gasteiger partial charge in [0, 0.05) is 11.3 Å². The molecule has 1 amide bonds. The SMILES string of the molecule is CCOC(=O)c1cnn(-c2ccc(NC(=O)c3cccc(C)c3[N+](=O)[O-])cc2)c1C(F)(F)F. The summed E-state index contributed by atoms with van der Waals surface area (Å²) in [5, 5.41) is 17.4. The molecular weight excluding hydrogens is 445 g/mol. The van der Waals surface area contributed by atoms with Crippen molar-refractivity contribution in [2.45, 2.75) is 20.0 Å². The van der Waals surface area contributed by atoms with Crippen molar-refractivity contribution >= 4 is 23.3 Å². The molecule has 0 fully saturated rings. The molecule has 0 saturated heterocycles. The highest BCUT2D eigenvalue weighted by molar-refractivity contribution is 6.07. The largest absolute Gasteiger partial charge is 0.462 e. The van der Waals surface area contributed by atoms with Gasteiger partial charge in [-0.05, 0) is 44.2 Å². The van der Waals surface area contributed by atoms with Gasteiger partial charge in [0.15, 0.2) is 5.69 Å². The van der Waals surface area contributed by atoms with E-state index >= 15 is 0 Å². The van der Waals surface area contributed by atoms with Gasteiger partial charge in [0.2, 0.25) is 0 Å². The maximum atomic E-state index is 13.6. The van der Waals surface area contributed by atoms with Crippen LogP contribution in [0.25, 0.3) is 5.69 Å². The predicted octanol–water partition coefficient (Wildman–Crippen LogP) is 4.54. The Labute approximate surface area is 184 Å². The number of aryl methyl sites for hydroxylation is 1. The standard InChI is InChI=1S/C21H17F3N4O5/c1-3-33-20(30)16-11-25-27(18(16)21(22,23)24)14-9-7-13(8-10-14)26-19(29)15-6-4-5-12(2)17(15)28(31)32/h4-11H,3H2,1-2H3,(H,26,29). The Morgan fingerprint density at radius 3 is 2.39 bits per heavy atom. The Balaban J connectivity index is 1.91. The number of ether oxygens (including phenoxy) is 1. The summed E-state index contributed by atoms with van der Waals surface area (Å²) in [6.07, 6.45) is -4.12. The molecule has 0 aliphatic heterocycles. The molecule has 0 bridgehead atoms. The lowest BCUT2D eigenvalue weighted by Gasteiger charge is -2.13. The molecule has 2 aromatic carbocycles. The van der Waals surface area contributed by atoms with E-state index in [0.29, 0.717) is 10.2 Å². The number of carbonyl (C=O) groups excluding carboxylic acids is 2. The first kappa shape index (κ1) is 23.4. The molecule has 0 spiro atoms. The second kappa shape index (κ2) is 9.10. The molecule has 1 heterocycles. The molecular formula is C21H17F3N4O5. The highest BCUT2D eigenvalue weighted by Gasteiger charge is 2.41. The van der Waals surface area contributed by atoms with Crippen LogP contribution in [-0.4, -0.2) is 33.2 Å². The van der Waals surface area contributed by atoms with Crippen LogP contribution < -0.4 is 5.32 Å². The van der Waals surface area contributed by atoms with Crippen LogP contribution in [0.3, 0.4) is 0 Å². The first-order valence-corrected chi connectivity index (χ1v) is 9.52. The van der Waals surface area contributed by atoms with Crippen LogP contribution in [0.1, 0.15) is 38.9 Å². The summed E-state index contributed by atoms with van der Waals surface area (Å²) < 4.78 is 46.1. The van der Waals surface area contributed by atoms with Crippen LogP contribution >= 0.6 is 0 Å². The van der Waals surface area contributed by atoms with Gasteiger partial charge in [0.25, 0.3) is 11.6 Å². The van der Waals surface area contributed by atoms with E-state index in [1.807, 2.05) is 0 Å². The fraction of sp³-hybridized carbons (Fsp3) is 0.190. The van der Waals surface area contributed by atoms with Crippen molar-refractivity contribution in [2.75, 3.05) is 11.9 Å². The summed E-state index contributed by atoms with van der Waals surface area (Å²) in [5.74, 6) is -1.91. The fourth-order valence-corrected chi connectivity index (χ4v) is 3.14. The van der Waals surface area contributed by atoms with E-state index in [4.69, 9.17) is 0 Å². The number of hydrogen-bond donors (Lipinski definition) is 1. The second-order valence-electron chi connectivity index (χ2n) is 6.77. The molecule has 172 valence electrons. The number of alkyl halides is 3. The van der Waals surface area contributed by atoms with E-state index in [2.05, 4.69) is 15.2 Å². The van der Waals surface area contributed by atoms with Crippen LogP contribution in [0.5, 0.6) is 0 Å². The minimum Gasteiger partial charge on any atom is -0.462 e. The average molecular weight is 462 g/mol. The minimum absolute atomic E-state index is 0.0302. The number of nitrogens with one attached hydrogen (secondary N) is 1. The molecule has 12 heteroatoms. The zero-order chi connectivity index (χ0) is 24.3. The first-order valence-electron chi connectivity index (χ1n) is 9.52. The lowest BCUT2D eigenvalue weighted by molar-refractivity contribution is -0.385. The van der Waals surface area contributed by atoms with Gasteiger partial charge in [0.1, 0.15) is 11.1 Å². The molecule has 0 aliphatic carbocycles. The number of benzene rings is 2. The smallest absolute Gasteiger partial charge is 0.434 e. The van der Waals surface area contributed by atoms with E-state index in [-0.39, 0.29) is 29.2 Å². The number of anilines is 1. The van der Waals surface area contributed by atoms with Crippen molar-refractivity contribution in [2.24, 2.45) is 0 Å². The number of nitro groups is 1. The molecule has 0 radical (unpaired) electrons. The highest BCUT2D eigenvalue weighted by atomic mass is 19.4. The molecule has 3 aromatic rings. The predicted molar refractivity (Wildman–Crippen MR) is 110 cm³/mol. The third kappa shape index (κ3) is 4.84. The number of rotatable bonds is 6. The van der Waals surface area contributed by atoms with Gasteiger partial charge in [0.05, 0.1) is 23.4 Å². The number of carbonyl (C=O) groups is 2. The van der Waals surface area contributed by atoms with Crippen molar-refractivity contribution in [1.29, 1.82) is 0 Å². The quantitative estimate of drug-likeness (QED) is 0.327. The van der Waals surface area contributed by atoms with Crippen LogP contribution in [0.2, 0.25) is 0 Å². The van der Waals surface area contributed by atoms with Crippen LogP contribution in [0.15, 0.2) is 48.7 Å². The number of para-hydroxylation sites is 1. The van der Waals surface area contributed by atoms with Gasteiger partial charge >= 0.3 is 12.1 Å². The van der Waals surface area contributed by atoms with Gasteiger partial charge in [-0.1, -0.05) is 12.1 Å². The van der Waals surface area contributed by atoms with Crippen molar-refractivity contribution in [1.82, 2.24) is 9.78 Å². The number of nitrogens with zero attached hydrogens (tertiary/aromatic N) is 3. The van der Waals surface area contributed by atoms with Crippen LogP contribution in [-0.2, 0) is 10.9 Å². The lowest BCUT2D eigenvalue weighted by atomic mass is 10.1. The van der Waals surface area contributed by atoms with Gasteiger partial charge in [-0.2, -0.15) is 18.3 Å². The van der Waals surface area contributed by atoms with Crippen LogP contribution in [0, 0.1) is 17.0 Å². The second-order valence-corrected chi connectivity index (χ2v) is 6.77. The summed E-state index contributed by atoms with van der Waals surface area (Å²) in [6, 6.07) is 9.40. The summed E-state index contributed by atoms with van der Waals surface area (Å²) in [6.45, 7) is 2.86. The Bertz CT molecular complexity index is 1220. The Morgan fingerprint density at radius 2 is 1.82 bits per heavy atom. The zero-order valence-electron chi connectivity index (χ0n) is 17.3. The van der Waals surface area contributed by atoms with E-state index in [1.165, 1.54) is 56.3 Å². The van der Waals surface area contributed by atoms with Crippen molar-refractivity contribution in [3.63, 3.8) is 0 Å². The molecule has 0 saturated carbocycles. The van der Waals surface area contributed by atoms with Crippen molar-refractivity contribution in [3.8, 4) is 5.69 Å². The number of aromatic nitrogens is 2. The summed E-state index contributed by atoms with van der Waals surface area (Å²) in [5.41, 5.74) is -2.07. The molecule has 33 heavy (non-hydrogen) atoms. The van der Waals surface area contributed by atoms with E-state index < -0.39 is 34.2 Å². The first-order chi connectivity index (χ1) is 15.5. The fourth-order valence-electron chi connectivity index (χ4n) is 3.14. The Hall–Kier alpha value is -4.22. The van der Waals surface area contributed by atoms with Gasteiger partial charge < -0.3 is 10.1 Å². The average Bonchev–Trinajstić information content (AvgIpc) is 3.20. The van der Waals surface area contributed by atoms with E-state index in [0.717, 1.165) is 6.20 Å². The monoisotopic (exact) mass is 462 g/mol. The van der Waals surface area contributed by atoms with Crippen LogP contribution in [0.4, 0.5) is 24.5 Å². The number of nitro benzene ring substituents is 1. The minimum atomic E-state index is -4.89. The van der Waals surface area contributed by atoms with E-state index in [1.54, 1.807) is 0 Å². The van der Waals surface area contributed by atoms with E-state index in [9.17, 15) is 32.9 Å².